The number of anilines is 2. The molecule has 5 N–H and O–H groups in total. The van der Waals surface area contributed by atoms with Crippen molar-refractivity contribution in [2.45, 2.75) is 55.4 Å². The van der Waals surface area contributed by atoms with Crippen LogP contribution in [0.1, 0.15) is 60.9 Å². The van der Waals surface area contributed by atoms with E-state index in [2.05, 4.69) is 41.9 Å². The molecule has 1 amide bonds. The number of carbonyl (C=O) groups excluding carboxylic acids is 1. The summed E-state index contributed by atoms with van der Waals surface area (Å²) in [4.78, 5) is 37.7. The molecular weight excluding hydrogens is 806 g/mol. The summed E-state index contributed by atoms with van der Waals surface area (Å²) in [7, 11) is -4.42. The van der Waals surface area contributed by atoms with Crippen molar-refractivity contribution in [3.63, 3.8) is 0 Å². The number of piperazine rings is 1. The van der Waals surface area contributed by atoms with Crippen LogP contribution in [0, 0.1) is 16.7 Å². The molecule has 1 unspecified atom stereocenters. The Morgan fingerprint density at radius 3 is 2.58 bits per heavy atom. The third-order valence-electron chi connectivity index (χ3n) is 12.2. The highest BCUT2D eigenvalue weighted by Gasteiger charge is 2.38. The SMILES string of the molecule is CC1(O)CC[C@H](c2ccc(Cl)cc2)[C@@H](CN2CCN(c3ccc(C(=O)NS(=O)(=O)c4ccc(NCC5CCOCC5)c([NH+]=O)c4)c(Oc4cnc5[nH]ccc5c4)c3)CC2)C1. The molecule has 3 atom stereocenters. The molecule has 3 aromatic carbocycles. The number of nitrogens with zero attached hydrogens (tertiary/aromatic N) is 3. The van der Waals surface area contributed by atoms with E-state index in [1.165, 1.54) is 30.0 Å². The number of aromatic nitrogens is 2. The van der Waals surface area contributed by atoms with Crippen LogP contribution in [0.5, 0.6) is 11.5 Å². The summed E-state index contributed by atoms with van der Waals surface area (Å²) in [5, 5.41) is 17.7. The first-order valence-corrected chi connectivity index (χ1v) is 22.4. The highest BCUT2D eigenvalue weighted by Crippen LogP contribution is 2.43. The number of sulfonamides is 1. The standard InChI is InChI=1S/C44H50ClN7O7S/c1-44(54)14-10-37(30-2-4-33(45)5-3-30)32(25-44)28-51-16-18-52(19-17-51)34-6-8-38(41(23-34)59-35-22-31-11-15-46-42(31)48-27-35)43(53)50-60(56,57)36-7-9-39(40(24-36)49-55)47-26-29-12-20-58-21-13-29/h2-9,11,15,22-24,27,29,32,37,47,54H,10,12-14,16-21,25-26,28H2,1H3,(H,46,48)(H,50,53)/p+1/t32-,37-,44?/m1/s1. The van der Waals surface area contributed by atoms with Crippen molar-refractivity contribution >= 4 is 55.6 Å². The molecule has 8 rings (SSSR count). The van der Waals surface area contributed by atoms with Crippen molar-refractivity contribution in [3.8, 4) is 11.5 Å². The molecule has 2 aromatic heterocycles. The minimum atomic E-state index is -4.42. The Labute approximate surface area is 354 Å². The maximum Gasteiger partial charge on any atom is 0.277 e. The van der Waals surface area contributed by atoms with Gasteiger partial charge in [-0.15, -0.1) is 0 Å². The Hall–Kier alpha value is -5.06. The number of benzene rings is 3. The maximum absolute atomic E-state index is 13.9. The maximum atomic E-state index is 13.9. The van der Waals surface area contributed by atoms with E-state index in [-0.39, 0.29) is 27.8 Å². The number of nitroso groups, excluding NO2 is 1. The highest BCUT2D eigenvalue weighted by atomic mass is 35.5. The lowest BCUT2D eigenvalue weighted by Crippen LogP contribution is -2.56. The lowest BCUT2D eigenvalue weighted by atomic mass is 9.69. The Bertz CT molecular complexity index is 2430. The predicted octanol–water partition coefficient (Wildman–Crippen LogP) is 5.90. The lowest BCUT2D eigenvalue weighted by molar-refractivity contribution is -0.378. The summed E-state index contributed by atoms with van der Waals surface area (Å²) in [5.74, 6) is 0.611. The topological polar surface area (TPSA) is 180 Å². The van der Waals surface area contributed by atoms with Crippen LogP contribution in [0.25, 0.3) is 11.0 Å². The van der Waals surface area contributed by atoms with Crippen LogP contribution in [0.3, 0.4) is 0 Å². The van der Waals surface area contributed by atoms with Gasteiger partial charge in [0.25, 0.3) is 21.6 Å². The van der Waals surface area contributed by atoms with Gasteiger partial charge in [-0.25, -0.2) is 18.1 Å². The minimum Gasteiger partial charge on any atom is -0.455 e. The number of nitrogens with one attached hydrogen (secondary N) is 4. The fourth-order valence-corrected chi connectivity index (χ4v) is 9.94. The number of aromatic amines is 1. The second-order valence-electron chi connectivity index (χ2n) is 16.5. The van der Waals surface area contributed by atoms with E-state index in [0.717, 1.165) is 62.8 Å². The first-order valence-electron chi connectivity index (χ1n) is 20.5. The molecule has 0 spiro atoms. The molecule has 0 bridgehead atoms. The summed E-state index contributed by atoms with van der Waals surface area (Å²) >= 11 is 6.21. The Morgan fingerprint density at radius 2 is 1.82 bits per heavy atom. The highest BCUT2D eigenvalue weighted by molar-refractivity contribution is 7.90. The number of hydrogen-bond donors (Lipinski definition) is 5. The summed E-state index contributed by atoms with van der Waals surface area (Å²) in [6, 6.07) is 20.9. The Kier molecular flexibility index (Phi) is 12.4. The van der Waals surface area contributed by atoms with Crippen LogP contribution < -0.4 is 24.9 Å². The van der Waals surface area contributed by atoms with E-state index in [0.29, 0.717) is 66.8 Å². The third-order valence-corrected chi connectivity index (χ3v) is 13.7. The molecule has 1 saturated carbocycles. The predicted molar refractivity (Wildman–Crippen MR) is 231 cm³/mol. The number of hydrogen-bond acceptors (Lipinski definition) is 11. The van der Waals surface area contributed by atoms with Crippen LogP contribution in [0.15, 0.2) is 90.1 Å². The zero-order valence-corrected chi connectivity index (χ0v) is 35.1. The number of halogens is 1. The largest absolute Gasteiger partial charge is 0.455 e. The van der Waals surface area contributed by atoms with Gasteiger partial charge < -0.3 is 29.8 Å². The Balaban J connectivity index is 0.983. The number of amides is 1. The number of ether oxygens (including phenoxy) is 2. The molecule has 0 radical (unpaired) electrons. The smallest absolute Gasteiger partial charge is 0.277 e. The summed E-state index contributed by atoms with van der Waals surface area (Å²) < 4.78 is 41.2. The van der Waals surface area contributed by atoms with Crippen molar-refractivity contribution in [3.05, 3.63) is 106 Å². The average Bonchev–Trinajstić information content (AvgIpc) is 3.72. The molecular formula is C44H51ClN7O7S+. The average molecular weight is 857 g/mol. The van der Waals surface area contributed by atoms with Gasteiger partial charge >= 0.3 is 0 Å². The fourth-order valence-electron chi connectivity index (χ4n) is 8.82. The minimum absolute atomic E-state index is 0.00430. The normalized spacial score (nSPS) is 21.8. The van der Waals surface area contributed by atoms with Crippen LogP contribution in [0.2, 0.25) is 5.02 Å². The fraction of sp³-hybridized carbons (Fsp3) is 0.409. The van der Waals surface area contributed by atoms with E-state index in [9.17, 15) is 23.2 Å². The van der Waals surface area contributed by atoms with Gasteiger partial charge in [0, 0.05) is 97.0 Å². The molecule has 16 heteroatoms. The van der Waals surface area contributed by atoms with E-state index >= 15 is 0 Å². The van der Waals surface area contributed by atoms with Crippen molar-refractivity contribution in [1.29, 1.82) is 0 Å². The lowest BCUT2D eigenvalue weighted by Gasteiger charge is -2.44. The molecule has 3 aliphatic rings. The molecule has 60 heavy (non-hydrogen) atoms. The van der Waals surface area contributed by atoms with Gasteiger partial charge in [0.15, 0.2) is 0 Å². The van der Waals surface area contributed by atoms with Crippen LogP contribution in [0.4, 0.5) is 17.1 Å². The molecule has 316 valence electrons. The number of aliphatic hydroxyl groups is 1. The zero-order chi connectivity index (χ0) is 41.9. The quantitative estimate of drug-likeness (QED) is 0.0952. The third kappa shape index (κ3) is 9.76. The van der Waals surface area contributed by atoms with Gasteiger partial charge in [-0.2, -0.15) is 0 Å². The summed E-state index contributed by atoms with van der Waals surface area (Å²) in [6.07, 6.45) is 7.48. The molecule has 5 aromatic rings. The van der Waals surface area contributed by atoms with E-state index in [1.54, 1.807) is 30.5 Å². The van der Waals surface area contributed by atoms with Crippen LogP contribution in [-0.2, 0) is 14.8 Å². The van der Waals surface area contributed by atoms with Gasteiger partial charge in [0.05, 0.1) is 22.3 Å². The number of fused-ring (bicyclic) bond motifs is 1. The Morgan fingerprint density at radius 1 is 1.03 bits per heavy atom. The monoisotopic (exact) mass is 856 g/mol. The molecule has 3 fully saturated rings. The van der Waals surface area contributed by atoms with E-state index < -0.39 is 21.5 Å². The van der Waals surface area contributed by atoms with E-state index in [1.807, 2.05) is 30.3 Å². The number of rotatable bonds is 13. The van der Waals surface area contributed by atoms with Gasteiger partial charge in [-0.3, -0.25) is 9.69 Å². The van der Waals surface area contributed by atoms with Crippen LogP contribution in [-0.4, -0.2) is 92.4 Å². The first-order chi connectivity index (χ1) is 28.9. The van der Waals surface area contributed by atoms with Crippen molar-refractivity contribution in [2.24, 2.45) is 11.8 Å². The number of H-pyrrole nitrogens is 1. The van der Waals surface area contributed by atoms with Crippen LogP contribution >= 0.6 is 11.6 Å². The summed E-state index contributed by atoms with van der Waals surface area (Å²) in [5.41, 5.74) is 2.55. The van der Waals surface area contributed by atoms with E-state index in [4.69, 9.17) is 21.1 Å². The number of carbonyl (C=O) groups is 1. The molecule has 1 aliphatic carbocycles. The second-order valence-corrected chi connectivity index (χ2v) is 18.6. The van der Waals surface area contributed by atoms with Crippen molar-refractivity contribution < 1.29 is 33.0 Å². The van der Waals surface area contributed by atoms with Crippen molar-refractivity contribution in [2.75, 3.05) is 62.7 Å². The molecule has 14 nitrogen and oxygen atoms in total. The second kappa shape index (κ2) is 17.9. The van der Waals surface area contributed by atoms with Gasteiger partial charge in [0.1, 0.15) is 22.8 Å². The molecule has 2 aliphatic heterocycles. The molecule has 4 heterocycles. The van der Waals surface area contributed by atoms with Gasteiger partial charge in [0.2, 0.25) is 0 Å². The summed E-state index contributed by atoms with van der Waals surface area (Å²) in [6.45, 7) is 7.77. The van der Waals surface area contributed by atoms with Gasteiger partial charge in [-0.1, -0.05) is 23.7 Å². The zero-order valence-electron chi connectivity index (χ0n) is 33.5. The van der Waals surface area contributed by atoms with Gasteiger partial charge in [-0.05, 0) is 111 Å². The van der Waals surface area contributed by atoms with Crippen molar-refractivity contribution in [1.82, 2.24) is 19.6 Å². The first kappa shape index (κ1) is 41.7. The number of pyridine rings is 1. The molecule has 2 saturated heterocycles.